The van der Waals surface area contributed by atoms with Gasteiger partial charge >= 0.3 is 6.18 Å². The van der Waals surface area contributed by atoms with Crippen LogP contribution in [-0.2, 0) is 6.18 Å². The van der Waals surface area contributed by atoms with Crippen LogP contribution in [-0.4, -0.2) is 11.0 Å². The Morgan fingerprint density at radius 1 is 1.44 bits per heavy atom. The number of halogens is 3. The van der Waals surface area contributed by atoms with Crippen LogP contribution in [0, 0.1) is 0 Å². The summed E-state index contributed by atoms with van der Waals surface area (Å²) >= 11 is 0. The SMILES string of the molecule is CCC(c1cc(C(F)(F)F)ccn1)C(C)N. The second-order valence-electron chi connectivity index (χ2n) is 3.84. The van der Waals surface area contributed by atoms with Gasteiger partial charge in [0.1, 0.15) is 0 Å². The molecule has 0 aliphatic heterocycles. The number of pyridine rings is 1. The fraction of sp³-hybridized carbons (Fsp3) is 0.545. The van der Waals surface area contributed by atoms with Crippen molar-refractivity contribution < 1.29 is 13.2 Å². The van der Waals surface area contributed by atoms with Gasteiger partial charge in [0.15, 0.2) is 0 Å². The van der Waals surface area contributed by atoms with Gasteiger partial charge in [0.05, 0.1) is 5.56 Å². The van der Waals surface area contributed by atoms with Crippen molar-refractivity contribution in [1.29, 1.82) is 0 Å². The van der Waals surface area contributed by atoms with Crippen LogP contribution in [0.25, 0.3) is 0 Å². The lowest BCUT2D eigenvalue weighted by atomic mass is 9.94. The third kappa shape index (κ3) is 2.95. The number of alkyl halides is 3. The summed E-state index contributed by atoms with van der Waals surface area (Å²) in [6, 6.07) is 1.84. The van der Waals surface area contributed by atoms with E-state index in [-0.39, 0.29) is 12.0 Å². The molecular weight excluding hydrogens is 217 g/mol. The molecule has 5 heteroatoms. The second-order valence-corrected chi connectivity index (χ2v) is 3.84. The van der Waals surface area contributed by atoms with Gasteiger partial charge in [0, 0.05) is 23.9 Å². The molecule has 90 valence electrons. The third-order valence-electron chi connectivity index (χ3n) is 2.56. The highest BCUT2D eigenvalue weighted by atomic mass is 19.4. The molecule has 2 N–H and O–H groups in total. The summed E-state index contributed by atoms with van der Waals surface area (Å²) in [7, 11) is 0. The van der Waals surface area contributed by atoms with Crippen LogP contribution in [0.5, 0.6) is 0 Å². The smallest absolute Gasteiger partial charge is 0.327 e. The Labute approximate surface area is 92.7 Å². The lowest BCUT2D eigenvalue weighted by molar-refractivity contribution is -0.137. The average molecular weight is 232 g/mol. The van der Waals surface area contributed by atoms with Gasteiger partial charge in [-0.1, -0.05) is 6.92 Å². The summed E-state index contributed by atoms with van der Waals surface area (Å²) in [5, 5.41) is 0. The van der Waals surface area contributed by atoms with Gasteiger partial charge in [0.2, 0.25) is 0 Å². The molecule has 0 saturated heterocycles. The number of rotatable bonds is 3. The predicted molar refractivity (Wildman–Crippen MR) is 55.9 cm³/mol. The highest BCUT2D eigenvalue weighted by molar-refractivity contribution is 5.22. The van der Waals surface area contributed by atoms with E-state index in [0.717, 1.165) is 12.1 Å². The van der Waals surface area contributed by atoms with Crippen molar-refractivity contribution >= 4 is 0 Å². The molecule has 0 bridgehead atoms. The molecule has 0 radical (unpaired) electrons. The van der Waals surface area contributed by atoms with Crippen molar-refractivity contribution in [1.82, 2.24) is 4.98 Å². The minimum absolute atomic E-state index is 0.137. The third-order valence-corrected chi connectivity index (χ3v) is 2.56. The fourth-order valence-electron chi connectivity index (χ4n) is 1.68. The van der Waals surface area contributed by atoms with Crippen molar-refractivity contribution in [3.8, 4) is 0 Å². The van der Waals surface area contributed by atoms with E-state index in [4.69, 9.17) is 5.73 Å². The normalized spacial score (nSPS) is 15.9. The molecule has 16 heavy (non-hydrogen) atoms. The molecule has 0 saturated carbocycles. The van der Waals surface area contributed by atoms with Crippen molar-refractivity contribution in [3.05, 3.63) is 29.6 Å². The molecule has 1 aromatic heterocycles. The maximum atomic E-state index is 12.5. The molecule has 1 rings (SSSR count). The maximum absolute atomic E-state index is 12.5. The number of nitrogens with two attached hydrogens (primary N) is 1. The first-order valence-electron chi connectivity index (χ1n) is 5.15. The molecule has 0 fully saturated rings. The minimum atomic E-state index is -4.33. The first kappa shape index (κ1) is 13.0. The number of hydrogen-bond acceptors (Lipinski definition) is 2. The molecule has 1 heterocycles. The van der Waals surface area contributed by atoms with Gasteiger partial charge in [-0.3, -0.25) is 4.98 Å². The van der Waals surface area contributed by atoms with E-state index in [1.807, 2.05) is 6.92 Å². The summed E-state index contributed by atoms with van der Waals surface area (Å²) < 4.78 is 37.4. The van der Waals surface area contributed by atoms with Crippen molar-refractivity contribution in [2.75, 3.05) is 0 Å². The number of aromatic nitrogens is 1. The summed E-state index contributed by atoms with van der Waals surface area (Å²) in [6.07, 6.45) is -2.47. The van der Waals surface area contributed by atoms with Crippen molar-refractivity contribution in [2.24, 2.45) is 5.73 Å². The molecule has 2 nitrogen and oxygen atoms in total. The van der Waals surface area contributed by atoms with Crippen LogP contribution in [0.1, 0.15) is 37.4 Å². The molecule has 0 aliphatic rings. The number of nitrogens with zero attached hydrogens (tertiary/aromatic N) is 1. The Morgan fingerprint density at radius 3 is 2.50 bits per heavy atom. The topological polar surface area (TPSA) is 38.9 Å². The Hall–Kier alpha value is -1.10. The first-order chi connectivity index (χ1) is 7.36. The molecule has 0 aromatic carbocycles. The average Bonchev–Trinajstić information content (AvgIpc) is 2.17. The zero-order valence-electron chi connectivity index (χ0n) is 9.25. The Bertz CT molecular complexity index is 347. The standard InChI is InChI=1S/C11H15F3N2/c1-3-9(7(2)15)10-6-8(4-5-16-10)11(12,13)14/h4-7,9H,3,15H2,1-2H3. The van der Waals surface area contributed by atoms with Gasteiger partial charge in [-0.05, 0) is 25.5 Å². The molecule has 0 spiro atoms. The van der Waals surface area contributed by atoms with Gasteiger partial charge < -0.3 is 5.73 Å². The highest BCUT2D eigenvalue weighted by Crippen LogP contribution is 2.31. The summed E-state index contributed by atoms with van der Waals surface area (Å²) in [6.45, 7) is 3.66. The van der Waals surface area contributed by atoms with Gasteiger partial charge in [-0.2, -0.15) is 13.2 Å². The molecule has 2 unspecified atom stereocenters. The van der Waals surface area contributed by atoms with Crippen molar-refractivity contribution in [2.45, 2.75) is 38.4 Å². The molecule has 0 amide bonds. The Morgan fingerprint density at radius 2 is 2.06 bits per heavy atom. The van der Waals surface area contributed by atoms with Gasteiger partial charge in [-0.15, -0.1) is 0 Å². The van der Waals surface area contributed by atoms with E-state index in [2.05, 4.69) is 4.98 Å². The van der Waals surface area contributed by atoms with Crippen LogP contribution < -0.4 is 5.73 Å². The van der Waals surface area contributed by atoms with Crippen LogP contribution in [0.2, 0.25) is 0 Å². The van der Waals surface area contributed by atoms with E-state index in [1.54, 1.807) is 6.92 Å². The lowest BCUT2D eigenvalue weighted by Gasteiger charge is -2.19. The minimum Gasteiger partial charge on any atom is -0.327 e. The van der Waals surface area contributed by atoms with Gasteiger partial charge in [0.25, 0.3) is 0 Å². The quantitative estimate of drug-likeness (QED) is 0.870. The van der Waals surface area contributed by atoms with E-state index in [1.165, 1.54) is 6.20 Å². The molecule has 0 aliphatic carbocycles. The van der Waals surface area contributed by atoms with E-state index >= 15 is 0 Å². The second kappa shape index (κ2) is 4.82. The van der Waals surface area contributed by atoms with Crippen LogP contribution in [0.15, 0.2) is 18.3 Å². The maximum Gasteiger partial charge on any atom is 0.416 e. The van der Waals surface area contributed by atoms with Gasteiger partial charge in [-0.25, -0.2) is 0 Å². The zero-order valence-corrected chi connectivity index (χ0v) is 9.25. The predicted octanol–water partition coefficient (Wildman–Crippen LogP) is 2.94. The van der Waals surface area contributed by atoms with Crippen molar-refractivity contribution in [3.63, 3.8) is 0 Å². The molecule has 1 aromatic rings. The Kier molecular flexibility index (Phi) is 3.91. The molecular formula is C11H15F3N2. The van der Waals surface area contributed by atoms with E-state index < -0.39 is 11.7 Å². The first-order valence-corrected chi connectivity index (χ1v) is 5.15. The van der Waals surface area contributed by atoms with E-state index in [9.17, 15) is 13.2 Å². The largest absolute Gasteiger partial charge is 0.416 e. The number of hydrogen-bond donors (Lipinski definition) is 1. The lowest BCUT2D eigenvalue weighted by Crippen LogP contribution is -2.25. The fourth-order valence-corrected chi connectivity index (χ4v) is 1.68. The zero-order chi connectivity index (χ0) is 12.3. The Balaban J connectivity index is 3.07. The highest BCUT2D eigenvalue weighted by Gasteiger charge is 2.31. The summed E-state index contributed by atoms with van der Waals surface area (Å²) in [4.78, 5) is 3.97. The summed E-state index contributed by atoms with van der Waals surface area (Å²) in [5.41, 5.74) is 5.46. The van der Waals surface area contributed by atoms with Crippen LogP contribution >= 0.6 is 0 Å². The van der Waals surface area contributed by atoms with Crippen LogP contribution in [0.3, 0.4) is 0 Å². The van der Waals surface area contributed by atoms with Crippen LogP contribution in [0.4, 0.5) is 13.2 Å². The molecule has 2 atom stereocenters. The monoisotopic (exact) mass is 232 g/mol. The van der Waals surface area contributed by atoms with E-state index in [0.29, 0.717) is 12.1 Å². The summed E-state index contributed by atoms with van der Waals surface area (Å²) in [5.74, 6) is -0.137.